The highest BCUT2D eigenvalue weighted by Crippen LogP contribution is 2.09. The van der Waals surface area contributed by atoms with E-state index in [2.05, 4.69) is 10.9 Å². The second-order valence-electron chi connectivity index (χ2n) is 4.17. The van der Waals surface area contributed by atoms with Gasteiger partial charge in [0.15, 0.2) is 0 Å². The van der Waals surface area contributed by atoms with Crippen LogP contribution in [0.5, 0.6) is 0 Å². The van der Waals surface area contributed by atoms with E-state index >= 15 is 0 Å². The van der Waals surface area contributed by atoms with Gasteiger partial charge in [0.25, 0.3) is 5.91 Å². The van der Waals surface area contributed by atoms with Gasteiger partial charge in [0.1, 0.15) is 17.5 Å². The first kappa shape index (κ1) is 14.3. The Morgan fingerprint density at radius 2 is 1.76 bits per heavy atom. The largest absolute Gasteiger partial charge is 0.298 e. The smallest absolute Gasteiger partial charge is 0.280 e. The third-order valence-electron chi connectivity index (χ3n) is 2.64. The number of hydrogen-bond acceptors (Lipinski definition) is 3. The van der Waals surface area contributed by atoms with Gasteiger partial charge in [-0.3, -0.25) is 15.6 Å². The van der Waals surface area contributed by atoms with Crippen molar-refractivity contribution in [3.63, 3.8) is 0 Å². The zero-order valence-corrected chi connectivity index (χ0v) is 11.0. The molecule has 0 fully saturated rings. The number of halogens is 1. The minimum Gasteiger partial charge on any atom is -0.298 e. The number of nitriles is 1. The number of hydrogen-bond donors (Lipinski definition) is 2. The van der Waals surface area contributed by atoms with Gasteiger partial charge in [-0.05, 0) is 35.9 Å². The number of rotatable bonds is 4. The molecule has 0 unspecified atom stereocenters. The lowest BCUT2D eigenvalue weighted by molar-refractivity contribution is -0.116. The number of benzene rings is 2. The van der Waals surface area contributed by atoms with Gasteiger partial charge in [-0.25, -0.2) is 4.39 Å². The Balaban J connectivity index is 2.05. The van der Waals surface area contributed by atoms with Gasteiger partial charge in [0.05, 0.1) is 5.69 Å². The van der Waals surface area contributed by atoms with E-state index in [0.29, 0.717) is 11.3 Å². The summed E-state index contributed by atoms with van der Waals surface area (Å²) in [6.45, 7) is 0. The van der Waals surface area contributed by atoms with E-state index in [1.807, 2.05) is 24.3 Å². The van der Waals surface area contributed by atoms with Gasteiger partial charge >= 0.3 is 0 Å². The topological polar surface area (TPSA) is 64.9 Å². The van der Waals surface area contributed by atoms with Crippen LogP contribution in [0.2, 0.25) is 0 Å². The van der Waals surface area contributed by atoms with Crippen molar-refractivity contribution in [3.8, 4) is 6.07 Å². The van der Waals surface area contributed by atoms with Crippen molar-refractivity contribution in [3.05, 3.63) is 71.6 Å². The first-order valence-corrected chi connectivity index (χ1v) is 6.18. The summed E-state index contributed by atoms with van der Waals surface area (Å²) in [4.78, 5) is 11.9. The van der Waals surface area contributed by atoms with Crippen LogP contribution in [-0.2, 0) is 4.79 Å². The fourth-order valence-corrected chi connectivity index (χ4v) is 1.59. The average molecular weight is 281 g/mol. The Morgan fingerprint density at radius 3 is 2.38 bits per heavy atom. The molecule has 0 spiro atoms. The van der Waals surface area contributed by atoms with Crippen molar-refractivity contribution in [2.45, 2.75) is 0 Å². The molecule has 0 aliphatic heterocycles. The third kappa shape index (κ3) is 4.18. The second kappa shape index (κ2) is 6.87. The summed E-state index contributed by atoms with van der Waals surface area (Å²) in [5.41, 5.74) is 6.32. The van der Waals surface area contributed by atoms with Crippen LogP contribution in [0.15, 0.2) is 60.2 Å². The molecule has 1 amide bonds. The van der Waals surface area contributed by atoms with Crippen LogP contribution in [0.25, 0.3) is 6.08 Å². The predicted octanol–water partition coefficient (Wildman–Crippen LogP) is 2.88. The molecule has 0 bridgehead atoms. The summed E-state index contributed by atoms with van der Waals surface area (Å²) in [7, 11) is 0. The minimum absolute atomic E-state index is 0.0787. The summed E-state index contributed by atoms with van der Waals surface area (Å²) in [5.74, 6) is -0.938. The molecule has 2 N–H and O–H groups in total. The molecule has 0 atom stereocenters. The number of hydrazine groups is 1. The fourth-order valence-electron chi connectivity index (χ4n) is 1.59. The molecule has 2 rings (SSSR count). The van der Waals surface area contributed by atoms with Gasteiger partial charge < -0.3 is 0 Å². The van der Waals surface area contributed by atoms with Gasteiger partial charge in [0, 0.05) is 0 Å². The predicted molar refractivity (Wildman–Crippen MR) is 78.2 cm³/mol. The van der Waals surface area contributed by atoms with Gasteiger partial charge in [-0.2, -0.15) is 5.26 Å². The van der Waals surface area contributed by atoms with E-state index in [9.17, 15) is 9.18 Å². The molecule has 0 saturated carbocycles. The van der Waals surface area contributed by atoms with Crippen LogP contribution in [0.4, 0.5) is 10.1 Å². The van der Waals surface area contributed by atoms with Crippen LogP contribution >= 0.6 is 0 Å². The monoisotopic (exact) mass is 281 g/mol. The second-order valence-corrected chi connectivity index (χ2v) is 4.17. The number of nitrogens with one attached hydrogen (secondary N) is 2. The Labute approximate surface area is 121 Å². The molecule has 0 aliphatic rings. The highest BCUT2D eigenvalue weighted by Gasteiger charge is 2.08. The van der Waals surface area contributed by atoms with Crippen LogP contribution in [0.1, 0.15) is 5.56 Å². The summed E-state index contributed by atoms with van der Waals surface area (Å²) in [6, 6.07) is 16.4. The molecule has 2 aromatic rings. The first-order chi connectivity index (χ1) is 10.2. The first-order valence-electron chi connectivity index (χ1n) is 6.18. The molecule has 0 saturated heterocycles. The molecule has 0 radical (unpaired) electrons. The molecule has 21 heavy (non-hydrogen) atoms. The lowest BCUT2D eigenvalue weighted by Gasteiger charge is -2.07. The minimum atomic E-state index is -0.564. The van der Waals surface area contributed by atoms with Crippen molar-refractivity contribution in [2.24, 2.45) is 0 Å². The SMILES string of the molecule is N#CC(=Cc1ccc(F)cc1)C(=O)NNc1ccccc1. The summed E-state index contributed by atoms with van der Waals surface area (Å²) in [5, 5.41) is 9.03. The highest BCUT2D eigenvalue weighted by molar-refractivity contribution is 6.02. The molecule has 0 aliphatic carbocycles. The summed E-state index contributed by atoms with van der Waals surface area (Å²) < 4.78 is 12.8. The molecule has 0 aromatic heterocycles. The van der Waals surface area contributed by atoms with E-state index in [4.69, 9.17) is 5.26 Å². The quantitative estimate of drug-likeness (QED) is 0.514. The molecule has 0 heterocycles. The Morgan fingerprint density at radius 1 is 1.10 bits per heavy atom. The Kier molecular flexibility index (Phi) is 4.67. The van der Waals surface area contributed by atoms with Gasteiger partial charge in [0.2, 0.25) is 0 Å². The summed E-state index contributed by atoms with van der Waals surface area (Å²) >= 11 is 0. The number of amides is 1. The standard InChI is InChI=1S/C16H12FN3O/c17-14-8-6-12(7-9-14)10-13(11-18)16(21)20-19-15-4-2-1-3-5-15/h1-10,19H,(H,20,21). The van der Waals surface area contributed by atoms with Crippen molar-refractivity contribution in [1.29, 1.82) is 5.26 Å². The number of nitrogens with zero attached hydrogens (tertiary/aromatic N) is 1. The number of carbonyl (C=O) groups is 1. The van der Waals surface area contributed by atoms with Crippen LogP contribution in [0.3, 0.4) is 0 Å². The fraction of sp³-hybridized carbons (Fsp3) is 0. The maximum Gasteiger partial charge on any atom is 0.280 e. The van der Waals surface area contributed by atoms with E-state index in [1.54, 1.807) is 12.1 Å². The van der Waals surface area contributed by atoms with E-state index in [1.165, 1.54) is 30.3 Å². The van der Waals surface area contributed by atoms with Crippen LogP contribution < -0.4 is 10.9 Å². The maximum atomic E-state index is 12.8. The molecular formula is C16H12FN3O. The maximum absolute atomic E-state index is 12.8. The number of para-hydroxylation sites is 1. The lowest BCUT2D eigenvalue weighted by atomic mass is 10.1. The van der Waals surface area contributed by atoms with Crippen molar-refractivity contribution >= 4 is 17.7 Å². The number of anilines is 1. The van der Waals surface area contributed by atoms with E-state index in [-0.39, 0.29) is 11.4 Å². The number of carbonyl (C=O) groups excluding carboxylic acids is 1. The highest BCUT2D eigenvalue weighted by atomic mass is 19.1. The van der Waals surface area contributed by atoms with Gasteiger partial charge in [-0.15, -0.1) is 0 Å². The van der Waals surface area contributed by atoms with E-state index < -0.39 is 5.91 Å². The average Bonchev–Trinajstić information content (AvgIpc) is 2.53. The molecule has 2 aromatic carbocycles. The van der Waals surface area contributed by atoms with Gasteiger partial charge in [-0.1, -0.05) is 30.3 Å². The molecule has 4 nitrogen and oxygen atoms in total. The summed E-state index contributed by atoms with van der Waals surface area (Å²) in [6.07, 6.45) is 1.39. The Bertz CT molecular complexity index is 688. The van der Waals surface area contributed by atoms with Crippen molar-refractivity contribution in [2.75, 3.05) is 5.43 Å². The normalized spacial score (nSPS) is 10.6. The third-order valence-corrected chi connectivity index (χ3v) is 2.64. The lowest BCUT2D eigenvalue weighted by Crippen LogP contribution is -2.30. The zero-order chi connectivity index (χ0) is 15.1. The van der Waals surface area contributed by atoms with Crippen molar-refractivity contribution in [1.82, 2.24) is 5.43 Å². The Hall–Kier alpha value is -3.13. The van der Waals surface area contributed by atoms with E-state index in [0.717, 1.165) is 0 Å². The van der Waals surface area contributed by atoms with Crippen molar-refractivity contribution < 1.29 is 9.18 Å². The van der Waals surface area contributed by atoms with Crippen LogP contribution in [-0.4, -0.2) is 5.91 Å². The molecular weight excluding hydrogens is 269 g/mol. The van der Waals surface area contributed by atoms with Crippen LogP contribution in [0, 0.1) is 17.1 Å². The zero-order valence-electron chi connectivity index (χ0n) is 11.0. The molecule has 5 heteroatoms. The molecule has 104 valence electrons.